The lowest BCUT2D eigenvalue weighted by molar-refractivity contribution is -0.137. The average Bonchev–Trinajstić information content (AvgIpc) is 2.44. The van der Waals surface area contributed by atoms with E-state index in [4.69, 9.17) is 4.74 Å². The third-order valence-electron chi connectivity index (χ3n) is 3.30. The van der Waals surface area contributed by atoms with Gasteiger partial charge in [0.15, 0.2) is 0 Å². The molecule has 0 bridgehead atoms. The number of carbonyl (C=O) groups is 1. The summed E-state index contributed by atoms with van der Waals surface area (Å²) in [6.07, 6.45) is 3.25. The van der Waals surface area contributed by atoms with Crippen LogP contribution in [0.4, 0.5) is 0 Å². The highest BCUT2D eigenvalue weighted by atomic mass is 79.9. The first kappa shape index (κ1) is 13.1. The normalized spacial score (nSPS) is 11.7. The minimum Gasteiger partial charge on any atom is -0.463 e. The Morgan fingerprint density at radius 1 is 1.10 bits per heavy atom. The lowest BCUT2D eigenvalue weighted by atomic mass is 9.80. The Labute approximate surface area is 126 Å². The zero-order chi connectivity index (χ0) is 14.1. The van der Waals surface area contributed by atoms with E-state index in [-0.39, 0.29) is 5.97 Å². The van der Waals surface area contributed by atoms with Gasteiger partial charge in [0.25, 0.3) is 0 Å². The molecule has 0 heterocycles. The fourth-order valence-corrected chi connectivity index (χ4v) is 2.75. The van der Waals surface area contributed by atoms with Crippen molar-refractivity contribution in [2.75, 3.05) is 6.61 Å². The van der Waals surface area contributed by atoms with E-state index in [9.17, 15) is 4.79 Å². The molecule has 0 spiro atoms. The van der Waals surface area contributed by atoms with Crippen molar-refractivity contribution in [3.8, 4) is 22.3 Å². The summed E-state index contributed by atoms with van der Waals surface area (Å²) >= 11 is 3.49. The molecule has 2 nitrogen and oxygen atoms in total. The van der Waals surface area contributed by atoms with Crippen molar-refractivity contribution in [3.63, 3.8) is 0 Å². The van der Waals surface area contributed by atoms with Gasteiger partial charge in [0.2, 0.25) is 0 Å². The van der Waals surface area contributed by atoms with E-state index in [0.717, 1.165) is 10.0 Å². The second kappa shape index (κ2) is 5.25. The number of carbonyl (C=O) groups excluding carboxylic acids is 1. The van der Waals surface area contributed by atoms with Gasteiger partial charge in [-0.1, -0.05) is 34.1 Å². The SMILES string of the molecule is CCOC(=O)C=Cc1ccc2c(c1)-c1cc(Br)ccc1-2. The highest BCUT2D eigenvalue weighted by Crippen LogP contribution is 2.48. The second-order valence-corrected chi connectivity index (χ2v) is 5.50. The Morgan fingerprint density at radius 2 is 1.80 bits per heavy atom. The van der Waals surface area contributed by atoms with Crippen LogP contribution >= 0.6 is 15.9 Å². The molecule has 0 saturated heterocycles. The molecule has 2 aromatic rings. The maximum Gasteiger partial charge on any atom is 0.330 e. The quantitative estimate of drug-likeness (QED) is 0.515. The molecule has 0 N–H and O–H groups in total. The van der Waals surface area contributed by atoms with Gasteiger partial charge in [-0.25, -0.2) is 4.79 Å². The lowest BCUT2D eigenvalue weighted by Gasteiger charge is -2.24. The molecule has 1 aliphatic rings. The number of halogens is 1. The van der Waals surface area contributed by atoms with Crippen molar-refractivity contribution in [2.45, 2.75) is 6.92 Å². The molecule has 0 atom stereocenters. The number of hydrogen-bond acceptors (Lipinski definition) is 2. The van der Waals surface area contributed by atoms with Crippen LogP contribution in [0.5, 0.6) is 0 Å². The van der Waals surface area contributed by atoms with Crippen LogP contribution < -0.4 is 0 Å². The van der Waals surface area contributed by atoms with Gasteiger partial charge in [-0.05, 0) is 59.0 Å². The van der Waals surface area contributed by atoms with Crippen LogP contribution in [0.15, 0.2) is 46.9 Å². The Balaban J connectivity index is 1.87. The Bertz CT molecular complexity index is 717. The number of rotatable bonds is 3. The summed E-state index contributed by atoms with van der Waals surface area (Å²) in [6, 6.07) is 12.5. The summed E-state index contributed by atoms with van der Waals surface area (Å²) in [6.45, 7) is 2.19. The van der Waals surface area contributed by atoms with Crippen molar-refractivity contribution < 1.29 is 9.53 Å². The molecule has 3 heteroatoms. The zero-order valence-electron chi connectivity index (χ0n) is 11.0. The molecule has 0 radical (unpaired) electrons. The molecule has 1 aliphatic carbocycles. The fraction of sp³-hybridized carbons (Fsp3) is 0.118. The number of ether oxygens (including phenoxy) is 1. The van der Waals surface area contributed by atoms with Gasteiger partial charge in [-0.2, -0.15) is 0 Å². The molecule has 20 heavy (non-hydrogen) atoms. The molecule has 0 fully saturated rings. The molecule has 0 unspecified atom stereocenters. The van der Waals surface area contributed by atoms with Crippen molar-refractivity contribution in [1.29, 1.82) is 0 Å². The summed E-state index contributed by atoms with van der Waals surface area (Å²) in [5, 5.41) is 0. The fourth-order valence-electron chi connectivity index (χ4n) is 2.39. The first-order valence-electron chi connectivity index (χ1n) is 6.48. The van der Waals surface area contributed by atoms with Gasteiger partial charge in [0, 0.05) is 10.5 Å². The Kier molecular flexibility index (Phi) is 3.45. The largest absolute Gasteiger partial charge is 0.463 e. The van der Waals surface area contributed by atoms with Crippen LogP contribution in [0, 0.1) is 0 Å². The predicted octanol–water partition coefficient (Wildman–Crippen LogP) is 4.67. The van der Waals surface area contributed by atoms with E-state index < -0.39 is 0 Å². The third kappa shape index (κ3) is 2.29. The van der Waals surface area contributed by atoms with Crippen LogP contribution in [0.1, 0.15) is 12.5 Å². The van der Waals surface area contributed by atoms with Crippen LogP contribution in [0.3, 0.4) is 0 Å². The van der Waals surface area contributed by atoms with Crippen molar-refractivity contribution in [1.82, 2.24) is 0 Å². The van der Waals surface area contributed by atoms with E-state index in [1.807, 2.05) is 6.07 Å². The van der Waals surface area contributed by atoms with Gasteiger partial charge >= 0.3 is 5.97 Å². The first-order chi connectivity index (χ1) is 9.69. The van der Waals surface area contributed by atoms with E-state index >= 15 is 0 Å². The predicted molar refractivity (Wildman–Crippen MR) is 84.2 cm³/mol. The summed E-state index contributed by atoms with van der Waals surface area (Å²) < 4.78 is 5.95. The maximum absolute atomic E-state index is 11.3. The summed E-state index contributed by atoms with van der Waals surface area (Å²) in [5.41, 5.74) is 6.03. The van der Waals surface area contributed by atoms with E-state index in [1.54, 1.807) is 13.0 Å². The van der Waals surface area contributed by atoms with Crippen LogP contribution in [0.2, 0.25) is 0 Å². The van der Waals surface area contributed by atoms with Gasteiger partial charge in [-0.3, -0.25) is 0 Å². The third-order valence-corrected chi connectivity index (χ3v) is 3.80. The minimum absolute atomic E-state index is 0.307. The zero-order valence-corrected chi connectivity index (χ0v) is 12.6. The first-order valence-corrected chi connectivity index (χ1v) is 7.27. The van der Waals surface area contributed by atoms with Crippen molar-refractivity contribution >= 4 is 28.0 Å². The molecule has 0 aliphatic heterocycles. The Hall–Kier alpha value is -1.87. The minimum atomic E-state index is -0.307. The highest BCUT2D eigenvalue weighted by Gasteiger charge is 2.21. The van der Waals surface area contributed by atoms with E-state index in [1.165, 1.54) is 28.3 Å². The van der Waals surface area contributed by atoms with Crippen molar-refractivity contribution in [2.24, 2.45) is 0 Å². The number of hydrogen-bond donors (Lipinski definition) is 0. The molecular formula is C17H13BrO2. The van der Waals surface area contributed by atoms with Gasteiger partial charge in [0.1, 0.15) is 0 Å². The van der Waals surface area contributed by atoms with E-state index in [0.29, 0.717) is 6.61 Å². The smallest absolute Gasteiger partial charge is 0.330 e. The standard InChI is InChI=1S/C17H13BrO2/c1-2-20-17(19)8-4-11-3-6-13-14-7-5-12(18)10-16(14)15(13)9-11/h3-10H,2H2,1H3. The molecule has 0 amide bonds. The Morgan fingerprint density at radius 3 is 2.55 bits per heavy atom. The van der Waals surface area contributed by atoms with Gasteiger partial charge in [0.05, 0.1) is 6.61 Å². The molecule has 100 valence electrons. The average molecular weight is 329 g/mol. The van der Waals surface area contributed by atoms with Crippen molar-refractivity contribution in [3.05, 3.63) is 52.5 Å². The highest BCUT2D eigenvalue weighted by molar-refractivity contribution is 9.10. The summed E-state index contributed by atoms with van der Waals surface area (Å²) in [4.78, 5) is 11.3. The summed E-state index contributed by atoms with van der Waals surface area (Å²) in [7, 11) is 0. The molecule has 0 aromatic heterocycles. The maximum atomic E-state index is 11.3. The van der Waals surface area contributed by atoms with Gasteiger partial charge in [-0.15, -0.1) is 0 Å². The van der Waals surface area contributed by atoms with E-state index in [2.05, 4.69) is 46.3 Å². The number of fused-ring (bicyclic) bond motifs is 4. The van der Waals surface area contributed by atoms with Crippen LogP contribution in [0.25, 0.3) is 28.3 Å². The number of benzene rings is 2. The second-order valence-electron chi connectivity index (χ2n) is 4.58. The topological polar surface area (TPSA) is 26.3 Å². The monoisotopic (exact) mass is 328 g/mol. The lowest BCUT2D eigenvalue weighted by Crippen LogP contribution is -2.00. The molecular weight excluding hydrogens is 316 g/mol. The summed E-state index contributed by atoms with van der Waals surface area (Å²) in [5.74, 6) is -0.307. The van der Waals surface area contributed by atoms with Gasteiger partial charge < -0.3 is 4.74 Å². The van der Waals surface area contributed by atoms with Crippen LogP contribution in [-0.2, 0) is 9.53 Å². The molecule has 3 rings (SSSR count). The molecule has 2 aromatic carbocycles. The number of esters is 1. The molecule has 0 saturated carbocycles. The van der Waals surface area contributed by atoms with Crippen LogP contribution in [-0.4, -0.2) is 12.6 Å².